The van der Waals surface area contributed by atoms with Gasteiger partial charge in [0.05, 0.1) is 13.0 Å². The Labute approximate surface area is 118 Å². The zero-order valence-electron chi connectivity index (χ0n) is 12.0. The number of fused-ring (bicyclic) bond motifs is 2. The lowest BCUT2D eigenvalue weighted by molar-refractivity contribution is -0.132. The number of hydrogen-bond donors (Lipinski definition) is 1. The fourth-order valence-corrected chi connectivity index (χ4v) is 3.97. The highest BCUT2D eigenvalue weighted by Gasteiger charge is 2.56. The fraction of sp³-hybridized carbons (Fsp3) is 0.786. The van der Waals surface area contributed by atoms with Crippen molar-refractivity contribution in [3.63, 3.8) is 0 Å². The smallest absolute Gasteiger partial charge is 0.229 e. The van der Waals surface area contributed by atoms with Crippen molar-refractivity contribution >= 4 is 5.91 Å². The average molecular weight is 279 g/mol. The van der Waals surface area contributed by atoms with E-state index >= 15 is 0 Å². The normalized spacial score (nSPS) is 32.0. The Morgan fingerprint density at radius 1 is 1.50 bits per heavy atom. The first kappa shape index (κ1) is 13.5. The quantitative estimate of drug-likeness (QED) is 0.892. The van der Waals surface area contributed by atoms with Gasteiger partial charge in [0.15, 0.2) is 0 Å². The average Bonchev–Trinajstić information content (AvgIpc) is 3.12. The zero-order chi connectivity index (χ0) is 14.3. The molecule has 0 unspecified atom stereocenters. The molecule has 0 aliphatic carbocycles. The van der Waals surface area contributed by atoms with Crippen LogP contribution >= 0.6 is 0 Å². The molecule has 20 heavy (non-hydrogen) atoms. The van der Waals surface area contributed by atoms with E-state index in [-0.39, 0.29) is 36.4 Å². The third-order valence-corrected chi connectivity index (χ3v) is 5.22. The lowest BCUT2D eigenvalue weighted by atomic mass is 9.72. The SMILES string of the molecule is CC[C@]1(CO)C[C@H]2CC[C@@H]1N2C(=O)Cc1nonc1C. The molecule has 2 aliphatic rings. The number of nitrogens with zero attached hydrogens (tertiary/aromatic N) is 3. The molecule has 1 aromatic rings. The van der Waals surface area contributed by atoms with Crippen molar-refractivity contribution in [3.05, 3.63) is 11.4 Å². The van der Waals surface area contributed by atoms with Gasteiger partial charge in [0.2, 0.25) is 5.91 Å². The lowest BCUT2D eigenvalue weighted by Crippen LogP contribution is -2.42. The second-order valence-corrected chi connectivity index (χ2v) is 6.10. The van der Waals surface area contributed by atoms with E-state index in [1.807, 2.05) is 4.90 Å². The molecule has 3 rings (SSSR count). The first-order valence-corrected chi connectivity index (χ1v) is 7.31. The summed E-state index contributed by atoms with van der Waals surface area (Å²) in [6, 6.07) is 0.454. The topological polar surface area (TPSA) is 79.5 Å². The molecule has 3 heterocycles. The van der Waals surface area contributed by atoms with Crippen molar-refractivity contribution in [2.24, 2.45) is 5.41 Å². The van der Waals surface area contributed by atoms with Crippen LogP contribution in [0.2, 0.25) is 0 Å². The van der Waals surface area contributed by atoms with Crippen LogP contribution in [0.4, 0.5) is 0 Å². The summed E-state index contributed by atoms with van der Waals surface area (Å²) in [5.74, 6) is 0.0834. The van der Waals surface area contributed by atoms with E-state index in [2.05, 4.69) is 21.9 Å². The molecule has 6 nitrogen and oxygen atoms in total. The van der Waals surface area contributed by atoms with Gasteiger partial charge in [-0.1, -0.05) is 17.2 Å². The maximum absolute atomic E-state index is 12.6. The number of rotatable bonds is 4. The Balaban J connectivity index is 1.78. The predicted octanol–water partition coefficient (Wildman–Crippen LogP) is 1.07. The highest BCUT2D eigenvalue weighted by molar-refractivity contribution is 5.80. The molecule has 0 radical (unpaired) electrons. The number of aromatic nitrogens is 2. The van der Waals surface area contributed by atoms with Gasteiger partial charge in [-0.05, 0) is 32.6 Å². The summed E-state index contributed by atoms with van der Waals surface area (Å²) in [5.41, 5.74) is 1.19. The van der Waals surface area contributed by atoms with E-state index < -0.39 is 0 Å². The maximum atomic E-state index is 12.6. The molecule has 110 valence electrons. The second kappa shape index (κ2) is 4.84. The van der Waals surface area contributed by atoms with Crippen molar-refractivity contribution in [1.29, 1.82) is 0 Å². The van der Waals surface area contributed by atoms with Crippen LogP contribution < -0.4 is 0 Å². The maximum Gasteiger partial charge on any atom is 0.229 e. The third kappa shape index (κ3) is 1.85. The van der Waals surface area contributed by atoms with E-state index in [1.165, 1.54) is 0 Å². The molecule has 3 atom stereocenters. The molecule has 0 aromatic carbocycles. The molecule has 6 heteroatoms. The van der Waals surface area contributed by atoms with Crippen LogP contribution in [0.5, 0.6) is 0 Å². The summed E-state index contributed by atoms with van der Waals surface area (Å²) in [4.78, 5) is 14.6. The molecule has 1 N–H and O–H groups in total. The van der Waals surface area contributed by atoms with Gasteiger partial charge < -0.3 is 10.0 Å². The molecule has 1 amide bonds. The van der Waals surface area contributed by atoms with Crippen molar-refractivity contribution < 1.29 is 14.5 Å². The number of hydrogen-bond acceptors (Lipinski definition) is 5. The van der Waals surface area contributed by atoms with E-state index in [1.54, 1.807) is 6.92 Å². The van der Waals surface area contributed by atoms with Gasteiger partial charge in [-0.3, -0.25) is 4.79 Å². The first-order valence-electron chi connectivity index (χ1n) is 7.31. The van der Waals surface area contributed by atoms with Crippen LogP contribution in [0.25, 0.3) is 0 Å². The summed E-state index contributed by atoms with van der Waals surface area (Å²) in [7, 11) is 0. The summed E-state index contributed by atoms with van der Waals surface area (Å²) in [5, 5.41) is 17.3. The zero-order valence-corrected chi connectivity index (χ0v) is 12.0. The van der Waals surface area contributed by atoms with Gasteiger partial charge in [-0.25, -0.2) is 4.63 Å². The Kier molecular flexibility index (Phi) is 3.28. The number of aryl methyl sites for hydroxylation is 1. The van der Waals surface area contributed by atoms with Gasteiger partial charge in [-0.15, -0.1) is 0 Å². The standard InChI is InChI=1S/C14H21N3O3/c1-3-14(8-18)7-10-4-5-12(14)17(10)13(19)6-11-9(2)15-20-16-11/h10,12,18H,3-8H2,1-2H3/t10-,12+,14-/m1/s1. The van der Waals surface area contributed by atoms with Crippen molar-refractivity contribution in [1.82, 2.24) is 15.2 Å². The number of aliphatic hydroxyl groups is 1. The van der Waals surface area contributed by atoms with Gasteiger partial charge >= 0.3 is 0 Å². The Bertz CT molecular complexity index is 510. The highest BCUT2D eigenvalue weighted by atomic mass is 16.6. The van der Waals surface area contributed by atoms with Gasteiger partial charge in [0.1, 0.15) is 11.4 Å². The van der Waals surface area contributed by atoms with Gasteiger partial charge in [0, 0.05) is 17.5 Å². The van der Waals surface area contributed by atoms with Gasteiger partial charge in [0.25, 0.3) is 0 Å². The largest absolute Gasteiger partial charge is 0.396 e. The van der Waals surface area contributed by atoms with Crippen molar-refractivity contribution in [3.8, 4) is 0 Å². The van der Waals surface area contributed by atoms with E-state index in [0.29, 0.717) is 11.4 Å². The monoisotopic (exact) mass is 279 g/mol. The predicted molar refractivity (Wildman–Crippen MR) is 70.8 cm³/mol. The molecule has 2 bridgehead atoms. The molecule has 0 saturated carbocycles. The first-order chi connectivity index (χ1) is 9.61. The van der Waals surface area contributed by atoms with E-state index in [0.717, 1.165) is 25.7 Å². The molecular formula is C14H21N3O3. The molecule has 2 saturated heterocycles. The number of aliphatic hydroxyl groups excluding tert-OH is 1. The molecular weight excluding hydrogens is 258 g/mol. The minimum Gasteiger partial charge on any atom is -0.396 e. The Morgan fingerprint density at radius 2 is 2.30 bits per heavy atom. The minimum absolute atomic E-state index is 0.0834. The van der Waals surface area contributed by atoms with Crippen LogP contribution in [-0.2, 0) is 11.2 Å². The molecule has 0 spiro atoms. The highest BCUT2D eigenvalue weighted by Crippen LogP contribution is 2.51. The third-order valence-electron chi connectivity index (χ3n) is 5.22. The summed E-state index contributed by atoms with van der Waals surface area (Å²) >= 11 is 0. The molecule has 2 aliphatic heterocycles. The number of carbonyl (C=O) groups excluding carboxylic acids is 1. The van der Waals surface area contributed by atoms with Crippen LogP contribution in [0.3, 0.4) is 0 Å². The van der Waals surface area contributed by atoms with Crippen molar-refractivity contribution in [2.75, 3.05) is 6.61 Å². The van der Waals surface area contributed by atoms with Crippen LogP contribution in [0.1, 0.15) is 44.0 Å². The molecule has 1 aromatic heterocycles. The van der Waals surface area contributed by atoms with E-state index in [9.17, 15) is 9.90 Å². The fourth-order valence-electron chi connectivity index (χ4n) is 3.97. The Morgan fingerprint density at radius 3 is 2.85 bits per heavy atom. The molecule has 2 fully saturated rings. The van der Waals surface area contributed by atoms with Crippen LogP contribution in [0.15, 0.2) is 4.63 Å². The van der Waals surface area contributed by atoms with Crippen LogP contribution in [-0.4, -0.2) is 44.9 Å². The summed E-state index contributed by atoms with van der Waals surface area (Å²) < 4.78 is 4.65. The lowest BCUT2D eigenvalue weighted by Gasteiger charge is -2.34. The second-order valence-electron chi connectivity index (χ2n) is 6.10. The van der Waals surface area contributed by atoms with Crippen molar-refractivity contribution in [2.45, 2.75) is 58.0 Å². The number of carbonyl (C=O) groups is 1. The number of amides is 1. The van der Waals surface area contributed by atoms with Gasteiger partial charge in [-0.2, -0.15) is 0 Å². The van der Waals surface area contributed by atoms with E-state index in [4.69, 9.17) is 0 Å². The van der Waals surface area contributed by atoms with Crippen LogP contribution in [0, 0.1) is 12.3 Å². The summed E-state index contributed by atoms with van der Waals surface area (Å²) in [6.45, 7) is 4.06. The summed E-state index contributed by atoms with van der Waals surface area (Å²) in [6.07, 6.45) is 4.13. The Hall–Kier alpha value is -1.43. The minimum atomic E-state index is -0.101.